The van der Waals surface area contributed by atoms with Crippen LogP contribution in [0, 0.1) is 0 Å². The highest BCUT2D eigenvalue weighted by atomic mass is 35.5. The molecule has 0 amide bonds. The van der Waals surface area contributed by atoms with Gasteiger partial charge in [0.15, 0.2) is 0 Å². The SMILES string of the molecule is OC(Cc1ccc(C(F)(F)F)cc1)Cc1cccc(Cl)c1. The quantitative estimate of drug-likeness (QED) is 0.880. The van der Waals surface area contributed by atoms with Crippen molar-refractivity contribution >= 4 is 11.6 Å². The van der Waals surface area contributed by atoms with Gasteiger partial charge in [0.05, 0.1) is 11.7 Å². The van der Waals surface area contributed by atoms with Crippen LogP contribution in [0.25, 0.3) is 0 Å². The van der Waals surface area contributed by atoms with E-state index in [4.69, 9.17) is 11.6 Å². The van der Waals surface area contributed by atoms with Crippen LogP contribution in [-0.4, -0.2) is 11.2 Å². The van der Waals surface area contributed by atoms with Crippen molar-refractivity contribution in [3.05, 3.63) is 70.2 Å². The topological polar surface area (TPSA) is 20.2 Å². The molecule has 2 rings (SSSR count). The summed E-state index contributed by atoms with van der Waals surface area (Å²) in [6.07, 6.45) is -4.30. The highest BCUT2D eigenvalue weighted by Gasteiger charge is 2.29. The lowest BCUT2D eigenvalue weighted by Gasteiger charge is -2.12. The zero-order chi connectivity index (χ0) is 15.5. The summed E-state index contributed by atoms with van der Waals surface area (Å²) in [7, 11) is 0. The van der Waals surface area contributed by atoms with E-state index >= 15 is 0 Å². The Balaban J connectivity index is 1.98. The second-order valence-corrected chi connectivity index (χ2v) is 5.32. The lowest BCUT2D eigenvalue weighted by Crippen LogP contribution is -2.14. The number of benzene rings is 2. The highest BCUT2D eigenvalue weighted by Crippen LogP contribution is 2.29. The summed E-state index contributed by atoms with van der Waals surface area (Å²) in [5.41, 5.74) is 0.870. The number of alkyl halides is 3. The van der Waals surface area contributed by atoms with Crippen LogP contribution in [0.5, 0.6) is 0 Å². The molecule has 2 aromatic rings. The second-order valence-electron chi connectivity index (χ2n) is 4.89. The molecule has 0 saturated carbocycles. The van der Waals surface area contributed by atoms with E-state index in [9.17, 15) is 18.3 Å². The van der Waals surface area contributed by atoms with Gasteiger partial charge in [-0.1, -0.05) is 35.9 Å². The summed E-state index contributed by atoms with van der Waals surface area (Å²) in [6.45, 7) is 0. The molecule has 1 atom stereocenters. The van der Waals surface area contributed by atoms with Crippen LogP contribution < -0.4 is 0 Å². The smallest absolute Gasteiger partial charge is 0.392 e. The molecule has 0 aromatic heterocycles. The molecule has 0 bridgehead atoms. The second kappa shape index (κ2) is 6.50. The number of aliphatic hydroxyl groups excluding tert-OH is 1. The van der Waals surface area contributed by atoms with Crippen LogP contribution in [0.4, 0.5) is 13.2 Å². The summed E-state index contributed by atoms with van der Waals surface area (Å²) in [4.78, 5) is 0. The molecular weight excluding hydrogens is 301 g/mol. The van der Waals surface area contributed by atoms with Gasteiger partial charge in [-0.2, -0.15) is 13.2 Å². The number of hydrogen-bond acceptors (Lipinski definition) is 1. The van der Waals surface area contributed by atoms with Crippen LogP contribution in [0.2, 0.25) is 5.02 Å². The molecule has 112 valence electrons. The van der Waals surface area contributed by atoms with Gasteiger partial charge in [0.1, 0.15) is 0 Å². The monoisotopic (exact) mass is 314 g/mol. The largest absolute Gasteiger partial charge is 0.416 e. The van der Waals surface area contributed by atoms with Gasteiger partial charge >= 0.3 is 6.18 Å². The predicted octanol–water partition coefficient (Wildman–Crippen LogP) is 4.50. The fraction of sp³-hybridized carbons (Fsp3) is 0.250. The van der Waals surface area contributed by atoms with Crippen molar-refractivity contribution in [3.63, 3.8) is 0 Å². The maximum absolute atomic E-state index is 12.4. The number of rotatable bonds is 4. The third-order valence-electron chi connectivity index (χ3n) is 3.11. The first-order chi connectivity index (χ1) is 9.84. The van der Waals surface area contributed by atoms with Gasteiger partial charge in [-0.05, 0) is 48.2 Å². The maximum Gasteiger partial charge on any atom is 0.416 e. The molecule has 0 aliphatic heterocycles. The molecule has 0 fully saturated rings. The standard InChI is InChI=1S/C16H14ClF3O/c17-14-3-1-2-12(8-14)10-15(21)9-11-4-6-13(7-5-11)16(18,19)20/h1-8,15,21H,9-10H2. The lowest BCUT2D eigenvalue weighted by atomic mass is 10.0. The molecule has 0 saturated heterocycles. The zero-order valence-corrected chi connectivity index (χ0v) is 11.8. The Morgan fingerprint density at radius 2 is 1.57 bits per heavy atom. The van der Waals surface area contributed by atoms with Crippen LogP contribution in [-0.2, 0) is 19.0 Å². The molecule has 1 unspecified atom stereocenters. The summed E-state index contributed by atoms with van der Waals surface area (Å²) >= 11 is 5.86. The Kier molecular flexibility index (Phi) is 4.91. The van der Waals surface area contributed by atoms with E-state index < -0.39 is 17.8 Å². The Hall–Kier alpha value is -1.52. The van der Waals surface area contributed by atoms with Gasteiger partial charge in [-0.3, -0.25) is 0 Å². The van der Waals surface area contributed by atoms with Gasteiger partial charge in [-0.15, -0.1) is 0 Å². The van der Waals surface area contributed by atoms with E-state index in [0.29, 0.717) is 23.4 Å². The molecule has 0 aliphatic rings. The van der Waals surface area contributed by atoms with Crippen LogP contribution in [0.1, 0.15) is 16.7 Å². The molecule has 0 heterocycles. The lowest BCUT2D eigenvalue weighted by molar-refractivity contribution is -0.137. The van der Waals surface area contributed by atoms with Gasteiger partial charge in [0.2, 0.25) is 0 Å². The summed E-state index contributed by atoms with van der Waals surface area (Å²) in [6, 6.07) is 12.0. The summed E-state index contributed by atoms with van der Waals surface area (Å²) < 4.78 is 37.3. The molecule has 2 aromatic carbocycles. The fourth-order valence-corrected chi connectivity index (χ4v) is 2.32. The summed E-state index contributed by atoms with van der Waals surface area (Å²) in [5, 5.41) is 10.6. The van der Waals surface area contributed by atoms with E-state index in [2.05, 4.69) is 0 Å². The molecule has 0 radical (unpaired) electrons. The Labute approximate surface area is 126 Å². The molecule has 1 nitrogen and oxygen atoms in total. The van der Waals surface area contributed by atoms with Crippen molar-refractivity contribution in [2.24, 2.45) is 0 Å². The number of halogens is 4. The minimum absolute atomic E-state index is 0.296. The molecule has 5 heteroatoms. The van der Waals surface area contributed by atoms with Crippen molar-refractivity contribution in [2.45, 2.75) is 25.1 Å². The average molecular weight is 315 g/mol. The first kappa shape index (κ1) is 15.9. The van der Waals surface area contributed by atoms with Gasteiger partial charge in [0, 0.05) is 5.02 Å². The average Bonchev–Trinajstić information content (AvgIpc) is 2.38. The molecule has 0 spiro atoms. The first-order valence-electron chi connectivity index (χ1n) is 6.43. The molecule has 21 heavy (non-hydrogen) atoms. The zero-order valence-electron chi connectivity index (χ0n) is 11.1. The predicted molar refractivity (Wildman–Crippen MR) is 76.3 cm³/mol. The Morgan fingerprint density at radius 1 is 0.952 bits per heavy atom. The van der Waals surface area contributed by atoms with Crippen molar-refractivity contribution < 1.29 is 18.3 Å². The third-order valence-corrected chi connectivity index (χ3v) is 3.35. The van der Waals surface area contributed by atoms with E-state index in [0.717, 1.165) is 17.7 Å². The van der Waals surface area contributed by atoms with Crippen molar-refractivity contribution in [1.29, 1.82) is 0 Å². The van der Waals surface area contributed by atoms with Gasteiger partial charge < -0.3 is 5.11 Å². The number of aliphatic hydroxyl groups is 1. The van der Waals surface area contributed by atoms with Crippen molar-refractivity contribution in [3.8, 4) is 0 Å². The molecule has 1 N–H and O–H groups in total. The van der Waals surface area contributed by atoms with Gasteiger partial charge in [-0.25, -0.2) is 0 Å². The highest BCUT2D eigenvalue weighted by molar-refractivity contribution is 6.30. The van der Waals surface area contributed by atoms with Crippen LogP contribution in [0.3, 0.4) is 0 Å². The van der Waals surface area contributed by atoms with E-state index in [1.165, 1.54) is 12.1 Å². The maximum atomic E-state index is 12.4. The Bertz CT molecular complexity index is 593. The van der Waals surface area contributed by atoms with Crippen LogP contribution in [0.15, 0.2) is 48.5 Å². The van der Waals surface area contributed by atoms with Crippen molar-refractivity contribution in [1.82, 2.24) is 0 Å². The minimum atomic E-state index is -4.34. The molecule has 0 aliphatic carbocycles. The Morgan fingerprint density at radius 3 is 2.14 bits per heavy atom. The number of hydrogen-bond donors (Lipinski definition) is 1. The normalized spacial score (nSPS) is 13.2. The van der Waals surface area contributed by atoms with Crippen molar-refractivity contribution in [2.75, 3.05) is 0 Å². The third kappa shape index (κ3) is 4.76. The first-order valence-corrected chi connectivity index (χ1v) is 6.81. The van der Waals surface area contributed by atoms with Crippen LogP contribution >= 0.6 is 11.6 Å². The summed E-state index contributed by atoms with van der Waals surface area (Å²) in [5.74, 6) is 0. The minimum Gasteiger partial charge on any atom is -0.392 e. The van der Waals surface area contributed by atoms with E-state index in [-0.39, 0.29) is 0 Å². The van der Waals surface area contributed by atoms with E-state index in [1.54, 1.807) is 18.2 Å². The molecular formula is C16H14ClF3O. The van der Waals surface area contributed by atoms with E-state index in [1.807, 2.05) is 6.07 Å². The fourth-order valence-electron chi connectivity index (χ4n) is 2.11. The van der Waals surface area contributed by atoms with Gasteiger partial charge in [0.25, 0.3) is 0 Å².